The van der Waals surface area contributed by atoms with Crippen molar-refractivity contribution in [2.75, 3.05) is 19.6 Å². The highest BCUT2D eigenvalue weighted by atomic mass is 35.5. The van der Waals surface area contributed by atoms with Gasteiger partial charge < -0.3 is 15.7 Å². The van der Waals surface area contributed by atoms with Crippen LogP contribution in [-0.2, 0) is 11.3 Å². The molecule has 1 fully saturated rings. The van der Waals surface area contributed by atoms with Gasteiger partial charge in [-0.05, 0) is 80.7 Å². The lowest BCUT2D eigenvalue weighted by Gasteiger charge is -2.32. The van der Waals surface area contributed by atoms with Crippen molar-refractivity contribution in [2.45, 2.75) is 32.4 Å². The fourth-order valence-corrected chi connectivity index (χ4v) is 3.92. The van der Waals surface area contributed by atoms with Crippen molar-refractivity contribution in [3.05, 3.63) is 63.6 Å². The smallest absolute Gasteiger partial charge is 0.251 e. The summed E-state index contributed by atoms with van der Waals surface area (Å²) in [6, 6.07) is 11.0. The Kier molecular flexibility index (Phi) is 8.18. The number of phenolic OH excluding ortho intramolecular Hbond substituents is 1. The van der Waals surface area contributed by atoms with E-state index in [1.165, 1.54) is 24.3 Å². The van der Waals surface area contributed by atoms with E-state index >= 15 is 0 Å². The molecule has 0 aromatic heterocycles. The molecule has 6 nitrogen and oxygen atoms in total. The normalized spacial score (nSPS) is 16.0. The van der Waals surface area contributed by atoms with E-state index in [9.17, 15) is 14.7 Å². The molecule has 166 valence electrons. The first-order chi connectivity index (χ1) is 14.8. The average Bonchev–Trinajstić information content (AvgIpc) is 2.76. The summed E-state index contributed by atoms with van der Waals surface area (Å²) in [6.45, 7) is 4.99. The van der Waals surface area contributed by atoms with Crippen molar-refractivity contribution in [1.29, 1.82) is 0 Å². The van der Waals surface area contributed by atoms with Crippen LogP contribution in [0.15, 0.2) is 42.5 Å². The molecular formula is C23H27Cl2N3O3. The molecule has 3 rings (SSSR count). The van der Waals surface area contributed by atoms with Gasteiger partial charge in [0, 0.05) is 18.7 Å². The zero-order valence-corrected chi connectivity index (χ0v) is 18.9. The topological polar surface area (TPSA) is 81.7 Å². The van der Waals surface area contributed by atoms with Crippen molar-refractivity contribution in [3.63, 3.8) is 0 Å². The van der Waals surface area contributed by atoms with Crippen LogP contribution < -0.4 is 10.6 Å². The van der Waals surface area contributed by atoms with Gasteiger partial charge in [-0.3, -0.25) is 14.5 Å². The van der Waals surface area contributed by atoms with Crippen molar-refractivity contribution in [2.24, 2.45) is 5.92 Å². The molecular weight excluding hydrogens is 437 g/mol. The van der Waals surface area contributed by atoms with Crippen LogP contribution in [0.4, 0.5) is 0 Å². The van der Waals surface area contributed by atoms with Crippen LogP contribution in [0.2, 0.25) is 10.0 Å². The lowest BCUT2D eigenvalue weighted by molar-refractivity contribution is -0.122. The zero-order valence-electron chi connectivity index (χ0n) is 17.4. The third-order valence-electron chi connectivity index (χ3n) is 5.53. The summed E-state index contributed by atoms with van der Waals surface area (Å²) in [6.07, 6.45) is 1.99. The zero-order chi connectivity index (χ0) is 22.4. The Morgan fingerprint density at radius 2 is 1.77 bits per heavy atom. The van der Waals surface area contributed by atoms with Gasteiger partial charge in [-0.1, -0.05) is 29.3 Å². The maximum Gasteiger partial charge on any atom is 0.251 e. The van der Waals surface area contributed by atoms with E-state index in [-0.39, 0.29) is 17.6 Å². The first-order valence-corrected chi connectivity index (χ1v) is 11.1. The average molecular weight is 464 g/mol. The second-order valence-electron chi connectivity index (χ2n) is 7.96. The SMILES string of the molecule is C[C@H](NC(=O)c1ccc(O)cc1)C(=O)NCC1CCN(Cc2ccc(Cl)c(Cl)c2)CC1. The number of aromatic hydroxyl groups is 1. The number of rotatable bonds is 7. The van der Waals surface area contributed by atoms with E-state index in [0.29, 0.717) is 28.1 Å². The summed E-state index contributed by atoms with van der Waals surface area (Å²) < 4.78 is 0. The van der Waals surface area contributed by atoms with Gasteiger partial charge in [0.15, 0.2) is 0 Å². The summed E-state index contributed by atoms with van der Waals surface area (Å²) in [4.78, 5) is 27.0. The molecule has 8 heteroatoms. The third-order valence-corrected chi connectivity index (χ3v) is 6.27. The number of amides is 2. The van der Waals surface area contributed by atoms with Gasteiger partial charge in [0.1, 0.15) is 11.8 Å². The Balaban J connectivity index is 1.38. The summed E-state index contributed by atoms with van der Waals surface area (Å²) in [5.41, 5.74) is 1.53. The van der Waals surface area contributed by atoms with E-state index in [1.807, 2.05) is 18.2 Å². The molecule has 2 aromatic rings. The molecule has 0 unspecified atom stereocenters. The number of carbonyl (C=O) groups is 2. The minimum atomic E-state index is -0.643. The highest BCUT2D eigenvalue weighted by molar-refractivity contribution is 6.42. The third kappa shape index (κ3) is 6.86. The van der Waals surface area contributed by atoms with Crippen LogP contribution in [0, 0.1) is 5.92 Å². The lowest BCUT2D eigenvalue weighted by atomic mass is 9.96. The van der Waals surface area contributed by atoms with Crippen molar-refractivity contribution in [3.8, 4) is 5.75 Å². The van der Waals surface area contributed by atoms with Crippen LogP contribution in [0.3, 0.4) is 0 Å². The summed E-state index contributed by atoms with van der Waals surface area (Å²) in [7, 11) is 0. The summed E-state index contributed by atoms with van der Waals surface area (Å²) in [5.74, 6) is -0.0528. The molecule has 1 atom stereocenters. The second kappa shape index (κ2) is 10.8. The monoisotopic (exact) mass is 463 g/mol. The molecule has 0 radical (unpaired) electrons. The Morgan fingerprint density at radius 3 is 2.42 bits per heavy atom. The molecule has 1 heterocycles. The number of hydrogen-bond donors (Lipinski definition) is 3. The van der Waals surface area contributed by atoms with Gasteiger partial charge in [0.2, 0.25) is 5.91 Å². The predicted molar refractivity (Wildman–Crippen MR) is 123 cm³/mol. The highest BCUT2D eigenvalue weighted by Gasteiger charge is 2.22. The molecule has 0 bridgehead atoms. The number of nitrogens with zero attached hydrogens (tertiary/aromatic N) is 1. The van der Waals surface area contributed by atoms with Crippen LogP contribution in [-0.4, -0.2) is 47.5 Å². The minimum absolute atomic E-state index is 0.0883. The summed E-state index contributed by atoms with van der Waals surface area (Å²) >= 11 is 12.1. The van der Waals surface area contributed by atoms with E-state index in [2.05, 4.69) is 15.5 Å². The highest BCUT2D eigenvalue weighted by Crippen LogP contribution is 2.24. The first kappa shape index (κ1) is 23.4. The number of carbonyl (C=O) groups excluding carboxylic acids is 2. The van der Waals surface area contributed by atoms with Crippen LogP contribution in [0.25, 0.3) is 0 Å². The number of benzene rings is 2. The number of phenols is 1. The Morgan fingerprint density at radius 1 is 1.10 bits per heavy atom. The molecule has 31 heavy (non-hydrogen) atoms. The van der Waals surface area contributed by atoms with Crippen molar-refractivity contribution < 1.29 is 14.7 Å². The molecule has 0 saturated carbocycles. The summed E-state index contributed by atoms with van der Waals surface area (Å²) in [5, 5.41) is 16.1. The fourth-order valence-electron chi connectivity index (χ4n) is 3.60. The van der Waals surface area contributed by atoms with Gasteiger partial charge in [0.05, 0.1) is 10.0 Å². The van der Waals surface area contributed by atoms with E-state index in [0.717, 1.165) is 38.0 Å². The standard InChI is InChI=1S/C23H27Cl2N3O3/c1-15(27-23(31)18-3-5-19(29)6-4-18)22(30)26-13-16-8-10-28(11-9-16)14-17-2-7-20(24)21(25)12-17/h2-7,12,15-16,29H,8-11,13-14H2,1H3,(H,26,30)(H,27,31)/t15-/m0/s1. The molecule has 1 aliphatic heterocycles. The number of likely N-dealkylation sites (tertiary alicyclic amines) is 1. The number of nitrogens with one attached hydrogen (secondary N) is 2. The molecule has 0 aliphatic carbocycles. The van der Waals surface area contributed by atoms with Crippen LogP contribution >= 0.6 is 23.2 Å². The number of piperidine rings is 1. The molecule has 2 amide bonds. The van der Waals surface area contributed by atoms with Gasteiger partial charge in [-0.2, -0.15) is 0 Å². The van der Waals surface area contributed by atoms with Gasteiger partial charge in [0.25, 0.3) is 5.91 Å². The second-order valence-corrected chi connectivity index (χ2v) is 8.77. The molecule has 2 aromatic carbocycles. The fraction of sp³-hybridized carbons (Fsp3) is 0.391. The molecule has 0 spiro atoms. The van der Waals surface area contributed by atoms with E-state index < -0.39 is 6.04 Å². The van der Waals surface area contributed by atoms with Crippen molar-refractivity contribution in [1.82, 2.24) is 15.5 Å². The number of halogens is 2. The maximum absolute atomic E-state index is 12.4. The Bertz CT molecular complexity index is 913. The quantitative estimate of drug-likeness (QED) is 0.582. The first-order valence-electron chi connectivity index (χ1n) is 10.4. The molecule has 1 aliphatic rings. The van der Waals surface area contributed by atoms with Crippen molar-refractivity contribution >= 4 is 35.0 Å². The molecule has 3 N–H and O–H groups in total. The van der Waals surface area contributed by atoms with Crippen LogP contribution in [0.5, 0.6) is 5.75 Å². The van der Waals surface area contributed by atoms with Gasteiger partial charge >= 0.3 is 0 Å². The predicted octanol–water partition coefficient (Wildman–Crippen LogP) is 3.85. The van der Waals surface area contributed by atoms with Gasteiger partial charge in [-0.15, -0.1) is 0 Å². The van der Waals surface area contributed by atoms with Crippen LogP contribution in [0.1, 0.15) is 35.7 Å². The Hall–Kier alpha value is -2.28. The maximum atomic E-state index is 12.4. The van der Waals surface area contributed by atoms with E-state index in [4.69, 9.17) is 23.2 Å². The largest absolute Gasteiger partial charge is 0.508 e. The van der Waals surface area contributed by atoms with Gasteiger partial charge in [-0.25, -0.2) is 0 Å². The number of hydrogen-bond acceptors (Lipinski definition) is 4. The minimum Gasteiger partial charge on any atom is -0.508 e. The Labute approximate surface area is 192 Å². The van der Waals surface area contributed by atoms with E-state index in [1.54, 1.807) is 6.92 Å². The molecule has 1 saturated heterocycles. The lowest BCUT2D eigenvalue weighted by Crippen LogP contribution is -2.47.